The predicted octanol–water partition coefficient (Wildman–Crippen LogP) is 3.39. The zero-order valence-electron chi connectivity index (χ0n) is 16.5. The number of benzene rings is 1. The summed E-state index contributed by atoms with van der Waals surface area (Å²) in [7, 11) is 1.65. The van der Waals surface area contributed by atoms with Crippen LogP contribution in [-0.4, -0.2) is 50.4 Å². The van der Waals surface area contributed by atoms with Crippen LogP contribution in [0, 0.1) is 0 Å². The highest BCUT2D eigenvalue weighted by Gasteiger charge is 2.46. The van der Waals surface area contributed by atoms with Crippen molar-refractivity contribution >= 4 is 6.03 Å². The van der Waals surface area contributed by atoms with E-state index in [1.165, 1.54) is 24.0 Å². The number of urea groups is 1. The second kappa shape index (κ2) is 7.23. The van der Waals surface area contributed by atoms with Gasteiger partial charge in [-0.1, -0.05) is 12.8 Å². The van der Waals surface area contributed by atoms with Crippen molar-refractivity contribution < 1.29 is 19.0 Å². The van der Waals surface area contributed by atoms with Crippen molar-refractivity contribution in [1.29, 1.82) is 0 Å². The Bertz CT molecular complexity index is 714. The Morgan fingerprint density at radius 2 is 1.96 bits per heavy atom. The molecule has 148 valence electrons. The molecule has 1 aromatic rings. The lowest BCUT2D eigenvalue weighted by Crippen LogP contribution is -2.53. The largest absolute Gasteiger partial charge is 0.486 e. The summed E-state index contributed by atoms with van der Waals surface area (Å²) in [6, 6.07) is 4.26. The van der Waals surface area contributed by atoms with Gasteiger partial charge in [-0.05, 0) is 49.9 Å². The molecule has 1 N–H and O–H groups in total. The van der Waals surface area contributed by atoms with E-state index >= 15 is 0 Å². The van der Waals surface area contributed by atoms with Crippen LogP contribution in [0.3, 0.4) is 0 Å². The van der Waals surface area contributed by atoms with Gasteiger partial charge in [0.15, 0.2) is 11.5 Å². The average Bonchev–Trinajstić information content (AvgIpc) is 3.13. The van der Waals surface area contributed by atoms with Crippen molar-refractivity contribution in [2.75, 3.05) is 33.5 Å². The summed E-state index contributed by atoms with van der Waals surface area (Å²) in [6.07, 6.45) is 4.64. The SMILES string of the molecule is COC[C@@H](C)NC(=O)N1CC2(CCCC2)c2cc3c(cc2[C@@H]1C)OCCO3. The third kappa shape index (κ3) is 3.24. The lowest BCUT2D eigenvalue weighted by molar-refractivity contribution is 0.128. The Labute approximate surface area is 161 Å². The van der Waals surface area contributed by atoms with Gasteiger partial charge in [-0.15, -0.1) is 0 Å². The monoisotopic (exact) mass is 374 g/mol. The highest BCUT2D eigenvalue weighted by molar-refractivity contribution is 5.76. The lowest BCUT2D eigenvalue weighted by atomic mass is 9.71. The fourth-order valence-corrected chi connectivity index (χ4v) is 4.94. The van der Waals surface area contributed by atoms with Crippen LogP contribution in [0.5, 0.6) is 11.5 Å². The van der Waals surface area contributed by atoms with E-state index in [0.717, 1.165) is 30.9 Å². The molecular formula is C21H30N2O4. The third-order valence-electron chi connectivity index (χ3n) is 6.28. The molecule has 2 amide bonds. The zero-order valence-corrected chi connectivity index (χ0v) is 16.5. The molecular weight excluding hydrogens is 344 g/mol. The summed E-state index contributed by atoms with van der Waals surface area (Å²) in [5.41, 5.74) is 2.58. The molecule has 27 heavy (non-hydrogen) atoms. The maximum absolute atomic E-state index is 13.0. The van der Waals surface area contributed by atoms with Crippen molar-refractivity contribution in [2.24, 2.45) is 0 Å². The Hall–Kier alpha value is -1.95. The number of nitrogens with one attached hydrogen (secondary N) is 1. The Kier molecular flexibility index (Phi) is 4.93. The molecule has 1 aliphatic carbocycles. The second-order valence-electron chi connectivity index (χ2n) is 8.18. The molecule has 1 saturated carbocycles. The van der Waals surface area contributed by atoms with E-state index in [0.29, 0.717) is 19.8 Å². The third-order valence-corrected chi connectivity index (χ3v) is 6.28. The van der Waals surface area contributed by atoms with Gasteiger partial charge in [0.1, 0.15) is 13.2 Å². The Balaban J connectivity index is 1.69. The van der Waals surface area contributed by atoms with Gasteiger partial charge in [-0.2, -0.15) is 0 Å². The summed E-state index contributed by atoms with van der Waals surface area (Å²) in [4.78, 5) is 15.0. The molecule has 0 unspecified atom stereocenters. The number of carbonyl (C=O) groups is 1. The average molecular weight is 374 g/mol. The van der Waals surface area contributed by atoms with E-state index in [-0.39, 0.29) is 23.5 Å². The molecule has 1 spiro atoms. The van der Waals surface area contributed by atoms with Crippen LogP contribution in [0.2, 0.25) is 0 Å². The molecule has 0 radical (unpaired) electrons. The van der Waals surface area contributed by atoms with Gasteiger partial charge in [-0.3, -0.25) is 0 Å². The van der Waals surface area contributed by atoms with E-state index in [9.17, 15) is 4.79 Å². The van der Waals surface area contributed by atoms with E-state index < -0.39 is 0 Å². The fraction of sp³-hybridized carbons (Fsp3) is 0.667. The number of amides is 2. The first kappa shape index (κ1) is 18.4. The van der Waals surface area contributed by atoms with E-state index in [1.807, 2.05) is 11.8 Å². The topological polar surface area (TPSA) is 60.0 Å². The fourth-order valence-electron chi connectivity index (χ4n) is 4.94. The molecule has 0 bridgehead atoms. The molecule has 0 saturated heterocycles. The molecule has 1 fully saturated rings. The van der Waals surface area contributed by atoms with Gasteiger partial charge < -0.3 is 24.4 Å². The van der Waals surface area contributed by atoms with E-state index in [1.54, 1.807) is 7.11 Å². The number of methoxy groups -OCH3 is 1. The van der Waals surface area contributed by atoms with Crippen molar-refractivity contribution in [3.05, 3.63) is 23.3 Å². The van der Waals surface area contributed by atoms with Crippen molar-refractivity contribution in [3.63, 3.8) is 0 Å². The number of ether oxygens (including phenoxy) is 3. The molecule has 6 nitrogen and oxygen atoms in total. The van der Waals surface area contributed by atoms with E-state index in [4.69, 9.17) is 14.2 Å². The number of hydrogen-bond donors (Lipinski definition) is 1. The summed E-state index contributed by atoms with van der Waals surface area (Å²) in [5.74, 6) is 1.65. The summed E-state index contributed by atoms with van der Waals surface area (Å²) < 4.78 is 16.8. The molecule has 1 aromatic carbocycles. The number of nitrogens with zero attached hydrogens (tertiary/aromatic N) is 1. The van der Waals surface area contributed by atoms with Gasteiger partial charge >= 0.3 is 6.03 Å². The molecule has 6 heteroatoms. The molecule has 3 aliphatic rings. The van der Waals surface area contributed by atoms with Gasteiger partial charge in [0.05, 0.1) is 18.7 Å². The molecule has 2 heterocycles. The first-order valence-corrected chi connectivity index (χ1v) is 10.0. The van der Waals surface area contributed by atoms with Crippen LogP contribution in [-0.2, 0) is 10.2 Å². The minimum atomic E-state index is -0.0177. The van der Waals surface area contributed by atoms with Crippen LogP contribution in [0.15, 0.2) is 12.1 Å². The van der Waals surface area contributed by atoms with Crippen molar-refractivity contribution in [1.82, 2.24) is 10.2 Å². The normalized spacial score (nSPS) is 23.8. The predicted molar refractivity (Wildman–Crippen MR) is 103 cm³/mol. The van der Waals surface area contributed by atoms with Gasteiger partial charge in [0.25, 0.3) is 0 Å². The standard InChI is InChI=1S/C21H30N2O4/c1-14(12-25-3)22-20(24)23-13-21(6-4-5-7-21)17-11-19-18(26-8-9-27-19)10-16(17)15(23)2/h10-11,14-15H,4-9,12-13H2,1-3H3,(H,22,24)/t14-,15+/m1/s1. The zero-order chi connectivity index (χ0) is 19.0. The second-order valence-corrected chi connectivity index (χ2v) is 8.18. The Morgan fingerprint density at radius 1 is 1.30 bits per heavy atom. The number of hydrogen-bond acceptors (Lipinski definition) is 4. The smallest absolute Gasteiger partial charge is 0.318 e. The first-order chi connectivity index (χ1) is 13.0. The lowest BCUT2D eigenvalue weighted by Gasteiger charge is -2.46. The number of fused-ring (bicyclic) bond motifs is 3. The minimum absolute atomic E-state index is 0.00297. The Morgan fingerprint density at radius 3 is 2.63 bits per heavy atom. The quantitative estimate of drug-likeness (QED) is 0.881. The van der Waals surface area contributed by atoms with Gasteiger partial charge in [-0.25, -0.2) is 4.79 Å². The minimum Gasteiger partial charge on any atom is -0.486 e. The highest BCUT2D eigenvalue weighted by Crippen LogP contribution is 2.51. The van der Waals surface area contributed by atoms with Crippen LogP contribution >= 0.6 is 0 Å². The molecule has 4 rings (SSSR count). The maximum Gasteiger partial charge on any atom is 0.318 e. The van der Waals surface area contributed by atoms with Gasteiger partial charge in [0.2, 0.25) is 0 Å². The summed E-state index contributed by atoms with van der Waals surface area (Å²) in [6.45, 7) is 6.51. The van der Waals surface area contributed by atoms with Gasteiger partial charge in [0, 0.05) is 19.1 Å². The van der Waals surface area contributed by atoms with Crippen LogP contribution < -0.4 is 14.8 Å². The highest BCUT2D eigenvalue weighted by atomic mass is 16.6. The molecule has 2 atom stereocenters. The first-order valence-electron chi connectivity index (χ1n) is 10.0. The van der Waals surface area contributed by atoms with Crippen LogP contribution in [0.25, 0.3) is 0 Å². The van der Waals surface area contributed by atoms with E-state index in [2.05, 4.69) is 24.4 Å². The maximum atomic E-state index is 13.0. The van der Waals surface area contributed by atoms with Crippen molar-refractivity contribution in [3.8, 4) is 11.5 Å². The molecule has 2 aliphatic heterocycles. The summed E-state index contributed by atoms with van der Waals surface area (Å²) in [5, 5.41) is 3.09. The van der Waals surface area contributed by atoms with Crippen LogP contribution in [0.4, 0.5) is 4.79 Å². The summed E-state index contributed by atoms with van der Waals surface area (Å²) >= 11 is 0. The van der Waals surface area contributed by atoms with Crippen molar-refractivity contribution in [2.45, 2.75) is 57.0 Å². The number of carbonyl (C=O) groups excluding carboxylic acids is 1. The molecule has 0 aromatic heterocycles. The number of rotatable bonds is 3. The van der Waals surface area contributed by atoms with Crippen LogP contribution in [0.1, 0.15) is 56.7 Å².